The number of hydrogen-bond acceptors (Lipinski definition) is 4. The van der Waals surface area contributed by atoms with Crippen LogP contribution in [0, 0.1) is 23.0 Å². The van der Waals surface area contributed by atoms with Gasteiger partial charge in [-0.2, -0.15) is 9.84 Å². The van der Waals surface area contributed by atoms with E-state index in [4.69, 9.17) is 15.3 Å². The second-order valence-electron chi connectivity index (χ2n) is 9.45. The highest BCUT2D eigenvalue weighted by molar-refractivity contribution is 7.10. The minimum absolute atomic E-state index is 0.203. The Morgan fingerprint density at radius 1 is 1.20 bits per heavy atom. The predicted molar refractivity (Wildman–Crippen MR) is 133 cm³/mol. The lowest BCUT2D eigenvalue weighted by molar-refractivity contribution is -0.750. The first-order valence-electron chi connectivity index (χ1n) is 11.8. The molecule has 0 amide bonds. The fourth-order valence-corrected chi connectivity index (χ4v) is 6.19. The molecule has 2 aliphatic rings. The van der Waals surface area contributed by atoms with Crippen molar-refractivity contribution < 1.29 is 17.9 Å². The summed E-state index contributed by atoms with van der Waals surface area (Å²) < 4.78 is 31.9. The molecule has 5 nitrogen and oxygen atoms in total. The molecule has 3 aromatic rings. The SMILES string of the molecule is CCCC(C)[N+]1=C[N+]2(C[C@@]2(c2cc(F)ccc2F)C(C)c2nc(-c3ccc(C#N)cc3)cs2)N=C1. The third-order valence-corrected chi connectivity index (χ3v) is 8.34. The van der Waals surface area contributed by atoms with E-state index in [1.165, 1.54) is 23.5 Å². The molecule has 0 aliphatic carbocycles. The normalized spacial score (nSPS) is 24.3. The molecule has 0 bridgehead atoms. The van der Waals surface area contributed by atoms with Gasteiger partial charge in [0, 0.05) is 10.9 Å². The minimum Gasteiger partial charge on any atom is -0.241 e. The van der Waals surface area contributed by atoms with E-state index < -0.39 is 17.2 Å². The number of halogens is 2. The molecule has 4 atom stereocenters. The lowest BCUT2D eigenvalue weighted by atomic mass is 9.86. The number of quaternary nitrogens is 1. The number of rotatable bonds is 7. The molecule has 2 aliphatic heterocycles. The van der Waals surface area contributed by atoms with Crippen LogP contribution < -0.4 is 0 Å². The summed E-state index contributed by atoms with van der Waals surface area (Å²) in [5, 5.41) is 16.7. The monoisotopic (exact) mass is 491 g/mol. The van der Waals surface area contributed by atoms with Crippen molar-refractivity contribution in [1.29, 1.82) is 5.26 Å². The van der Waals surface area contributed by atoms with Gasteiger partial charge in [-0.15, -0.1) is 11.3 Å². The van der Waals surface area contributed by atoms with Crippen molar-refractivity contribution in [3.05, 3.63) is 75.6 Å². The Hall–Kier alpha value is -3.28. The largest absolute Gasteiger partial charge is 0.352 e. The van der Waals surface area contributed by atoms with Gasteiger partial charge in [0.05, 0.1) is 28.8 Å². The second-order valence-corrected chi connectivity index (χ2v) is 10.3. The molecule has 1 aromatic heterocycles. The van der Waals surface area contributed by atoms with Crippen molar-refractivity contribution in [3.8, 4) is 17.3 Å². The summed E-state index contributed by atoms with van der Waals surface area (Å²) in [5.74, 6) is -1.11. The Kier molecular flexibility index (Phi) is 5.86. The zero-order chi connectivity index (χ0) is 24.8. The number of hydrogen-bond donors (Lipinski definition) is 0. The Bertz CT molecular complexity index is 1370. The molecule has 178 valence electrons. The van der Waals surface area contributed by atoms with E-state index in [9.17, 15) is 4.39 Å². The van der Waals surface area contributed by atoms with Gasteiger partial charge in [-0.3, -0.25) is 0 Å². The van der Waals surface area contributed by atoms with E-state index in [-0.39, 0.29) is 16.6 Å². The topological polar surface area (TPSA) is 52.0 Å². The summed E-state index contributed by atoms with van der Waals surface area (Å²) in [7, 11) is 0. The van der Waals surface area contributed by atoms with Crippen molar-refractivity contribution >= 4 is 24.0 Å². The van der Waals surface area contributed by atoms with Crippen LogP contribution in [0.1, 0.15) is 55.7 Å². The van der Waals surface area contributed by atoms with E-state index in [1.807, 2.05) is 30.8 Å². The molecule has 1 fully saturated rings. The van der Waals surface area contributed by atoms with Gasteiger partial charge in [0.2, 0.25) is 5.54 Å². The smallest absolute Gasteiger partial charge is 0.241 e. The maximum Gasteiger partial charge on any atom is 0.352 e. The molecule has 0 N–H and O–H groups in total. The van der Waals surface area contributed by atoms with E-state index >= 15 is 4.39 Å². The van der Waals surface area contributed by atoms with Gasteiger partial charge in [-0.25, -0.2) is 13.8 Å². The number of nitriles is 1. The van der Waals surface area contributed by atoms with Crippen LogP contribution in [0.5, 0.6) is 0 Å². The quantitative estimate of drug-likeness (QED) is 0.232. The van der Waals surface area contributed by atoms with Gasteiger partial charge >= 0.3 is 12.7 Å². The van der Waals surface area contributed by atoms with Gasteiger partial charge < -0.3 is 0 Å². The first-order chi connectivity index (χ1) is 16.8. The van der Waals surface area contributed by atoms with Crippen molar-refractivity contribution in [2.45, 2.75) is 51.1 Å². The number of aromatic nitrogens is 1. The zero-order valence-corrected chi connectivity index (χ0v) is 20.8. The molecular formula is C27H27F2N5S+2. The van der Waals surface area contributed by atoms with Crippen LogP contribution in [0.3, 0.4) is 0 Å². The molecule has 1 spiro atoms. The molecular weight excluding hydrogens is 464 g/mol. The lowest BCUT2D eigenvalue weighted by Gasteiger charge is -2.19. The van der Waals surface area contributed by atoms with Crippen LogP contribution >= 0.6 is 11.3 Å². The highest BCUT2D eigenvalue weighted by atomic mass is 32.1. The average Bonchev–Trinajstić information content (AvgIpc) is 3.18. The van der Waals surface area contributed by atoms with Gasteiger partial charge in [0.25, 0.3) is 0 Å². The molecule has 0 saturated carbocycles. The molecule has 8 heteroatoms. The summed E-state index contributed by atoms with van der Waals surface area (Å²) in [5.41, 5.74) is 1.85. The van der Waals surface area contributed by atoms with Crippen LogP contribution in [-0.2, 0) is 5.54 Å². The van der Waals surface area contributed by atoms with Gasteiger partial charge in [0.1, 0.15) is 27.8 Å². The van der Waals surface area contributed by atoms with Crippen LogP contribution in [-0.4, -0.2) is 39.4 Å². The van der Waals surface area contributed by atoms with Crippen LogP contribution in [0.4, 0.5) is 8.78 Å². The van der Waals surface area contributed by atoms with Crippen molar-refractivity contribution in [3.63, 3.8) is 0 Å². The summed E-state index contributed by atoms with van der Waals surface area (Å²) in [6.07, 6.45) is 5.95. The first kappa shape index (κ1) is 23.5. The summed E-state index contributed by atoms with van der Waals surface area (Å²) in [4.78, 5) is 4.89. The van der Waals surface area contributed by atoms with Gasteiger partial charge in [-0.05, 0) is 55.2 Å². The Labute approximate surface area is 207 Å². The molecule has 3 heterocycles. The number of thiazole rings is 1. The van der Waals surface area contributed by atoms with E-state index in [1.54, 1.807) is 12.1 Å². The van der Waals surface area contributed by atoms with Crippen LogP contribution in [0.25, 0.3) is 11.3 Å². The maximum atomic E-state index is 15.2. The second kappa shape index (κ2) is 8.74. The standard InChI is InChI=1S/C27H27F2N5S/c1-4-5-18(2)33-16-31-34(17-33)15-27(34,23-12-22(28)10-11-24(23)29)19(3)26-32-25(14-35-26)21-8-6-20(13-30)7-9-21/h6-12,14,16-19H,4-5,15H2,1-3H3/q+2/t18?,19?,27-,34?/m0/s1. The molecule has 1 saturated heterocycles. The van der Waals surface area contributed by atoms with Crippen LogP contribution in [0.15, 0.2) is 52.9 Å². The Morgan fingerprint density at radius 2 is 1.97 bits per heavy atom. The summed E-state index contributed by atoms with van der Waals surface area (Å²) >= 11 is 1.51. The summed E-state index contributed by atoms with van der Waals surface area (Å²) in [6, 6.07) is 13.4. The molecule has 35 heavy (non-hydrogen) atoms. The third kappa shape index (κ3) is 3.79. The lowest BCUT2D eigenvalue weighted by Crippen LogP contribution is -2.34. The van der Waals surface area contributed by atoms with Crippen molar-refractivity contribution in [2.24, 2.45) is 5.10 Å². The molecule has 0 radical (unpaired) electrons. The zero-order valence-electron chi connectivity index (χ0n) is 19.9. The average molecular weight is 492 g/mol. The minimum atomic E-state index is -0.789. The highest BCUT2D eigenvalue weighted by Crippen LogP contribution is 2.60. The third-order valence-electron chi connectivity index (χ3n) is 7.31. The highest BCUT2D eigenvalue weighted by Gasteiger charge is 2.82. The van der Waals surface area contributed by atoms with Crippen LogP contribution in [0.2, 0.25) is 0 Å². The van der Waals surface area contributed by atoms with Gasteiger partial charge in [0.15, 0.2) is 6.54 Å². The van der Waals surface area contributed by atoms with E-state index in [2.05, 4.69) is 30.8 Å². The molecule has 2 aromatic carbocycles. The number of nitrogens with zero attached hydrogens (tertiary/aromatic N) is 5. The maximum absolute atomic E-state index is 15.2. The van der Waals surface area contributed by atoms with Crippen molar-refractivity contribution in [2.75, 3.05) is 6.54 Å². The fourth-order valence-electron chi connectivity index (χ4n) is 5.21. The van der Waals surface area contributed by atoms with E-state index in [0.29, 0.717) is 17.7 Å². The molecule has 5 rings (SSSR count). The Balaban J connectivity index is 1.56. The predicted octanol–water partition coefficient (Wildman–Crippen LogP) is 5.98. The Morgan fingerprint density at radius 3 is 2.69 bits per heavy atom. The van der Waals surface area contributed by atoms with E-state index in [0.717, 1.165) is 35.2 Å². The fraction of sp³-hybridized carbons (Fsp3) is 0.333. The first-order valence-corrected chi connectivity index (χ1v) is 12.7. The van der Waals surface area contributed by atoms with Gasteiger partial charge in [-0.1, -0.05) is 25.5 Å². The number of benzene rings is 2. The molecule has 3 unspecified atom stereocenters. The van der Waals surface area contributed by atoms with Crippen molar-refractivity contribution in [1.82, 2.24) is 4.98 Å². The summed E-state index contributed by atoms with van der Waals surface area (Å²) in [6.45, 7) is 6.86.